The summed E-state index contributed by atoms with van der Waals surface area (Å²) in [5, 5.41) is 4.06. The highest BCUT2D eigenvalue weighted by atomic mass is 79.9. The van der Waals surface area contributed by atoms with Crippen LogP contribution in [0.1, 0.15) is 58.3 Å². The van der Waals surface area contributed by atoms with E-state index < -0.39 is 0 Å². The van der Waals surface area contributed by atoms with Gasteiger partial charge in [0, 0.05) is 17.3 Å². The molecule has 3 heteroatoms. The number of halogens is 1. The Labute approximate surface area is 119 Å². The van der Waals surface area contributed by atoms with Crippen LogP contribution in [0.4, 0.5) is 0 Å². The highest BCUT2D eigenvalue weighted by Gasteiger charge is 2.35. The van der Waals surface area contributed by atoms with E-state index >= 15 is 0 Å². The lowest BCUT2D eigenvalue weighted by atomic mass is 9.67. The van der Waals surface area contributed by atoms with E-state index in [-0.39, 0.29) is 5.92 Å². The second-order valence-corrected chi connectivity index (χ2v) is 6.73. The zero-order valence-electron chi connectivity index (χ0n) is 11.5. The van der Waals surface area contributed by atoms with Crippen LogP contribution in [-0.4, -0.2) is 17.3 Å². The van der Waals surface area contributed by atoms with Crippen LogP contribution in [0.15, 0.2) is 0 Å². The van der Waals surface area contributed by atoms with Gasteiger partial charge in [0.1, 0.15) is 0 Å². The number of carbonyl (C=O) groups is 1. The average molecular weight is 316 g/mol. The predicted molar refractivity (Wildman–Crippen MR) is 78.8 cm³/mol. The molecule has 0 aromatic rings. The number of hydrogen-bond acceptors (Lipinski definition) is 1. The summed E-state index contributed by atoms with van der Waals surface area (Å²) < 4.78 is 0. The molecular weight excluding hydrogens is 290 g/mol. The van der Waals surface area contributed by atoms with Crippen molar-refractivity contribution in [1.82, 2.24) is 5.32 Å². The van der Waals surface area contributed by atoms with Gasteiger partial charge in [-0.3, -0.25) is 4.79 Å². The smallest absolute Gasteiger partial charge is 0.223 e. The quantitative estimate of drug-likeness (QED) is 0.784. The van der Waals surface area contributed by atoms with Crippen molar-refractivity contribution in [3.63, 3.8) is 0 Å². The topological polar surface area (TPSA) is 29.1 Å². The lowest BCUT2D eigenvalue weighted by Crippen LogP contribution is -2.42. The fourth-order valence-corrected chi connectivity index (χ4v) is 4.30. The summed E-state index contributed by atoms with van der Waals surface area (Å²) in [6, 6.07) is 0.307. The van der Waals surface area contributed by atoms with Gasteiger partial charge in [-0.15, -0.1) is 0 Å². The maximum absolute atomic E-state index is 12.3. The Balaban J connectivity index is 1.84. The van der Waals surface area contributed by atoms with Crippen LogP contribution >= 0.6 is 15.9 Å². The zero-order chi connectivity index (χ0) is 13.0. The molecule has 2 aliphatic rings. The van der Waals surface area contributed by atoms with Crippen molar-refractivity contribution >= 4 is 21.8 Å². The second kappa shape index (κ2) is 6.93. The zero-order valence-corrected chi connectivity index (χ0v) is 13.0. The summed E-state index contributed by atoms with van der Waals surface area (Å²) in [5.74, 6) is 2.37. The molecular formula is C15H26BrNO. The molecule has 2 rings (SSSR count). The van der Waals surface area contributed by atoms with Gasteiger partial charge in [0.25, 0.3) is 0 Å². The van der Waals surface area contributed by atoms with E-state index in [2.05, 4.69) is 28.2 Å². The third-order valence-corrected chi connectivity index (χ3v) is 5.72. The van der Waals surface area contributed by atoms with Crippen molar-refractivity contribution in [2.45, 2.75) is 64.3 Å². The van der Waals surface area contributed by atoms with Gasteiger partial charge in [-0.2, -0.15) is 0 Å². The number of carbonyl (C=O) groups excluding carboxylic acids is 1. The van der Waals surface area contributed by atoms with Crippen LogP contribution < -0.4 is 5.32 Å². The third-order valence-electron chi connectivity index (χ3n) is 4.94. The molecule has 0 aliphatic heterocycles. The summed E-state index contributed by atoms with van der Waals surface area (Å²) in [5.41, 5.74) is 0. The maximum Gasteiger partial charge on any atom is 0.223 e. The van der Waals surface area contributed by atoms with E-state index in [1.165, 1.54) is 32.1 Å². The second-order valence-electron chi connectivity index (χ2n) is 6.08. The molecule has 4 atom stereocenters. The fourth-order valence-electron chi connectivity index (χ4n) is 3.68. The summed E-state index contributed by atoms with van der Waals surface area (Å²) >= 11 is 3.47. The number of hydrogen-bond donors (Lipinski definition) is 1. The van der Waals surface area contributed by atoms with Gasteiger partial charge >= 0.3 is 0 Å². The van der Waals surface area contributed by atoms with Crippen LogP contribution in [0.5, 0.6) is 0 Å². The SMILES string of the molecule is CCC(CBr)NC(=O)C1CCC2CCCCC2C1. The first-order valence-electron chi connectivity index (χ1n) is 7.61. The lowest BCUT2D eigenvalue weighted by molar-refractivity contribution is -0.127. The average Bonchev–Trinajstić information content (AvgIpc) is 2.44. The van der Waals surface area contributed by atoms with Gasteiger partial charge in [-0.25, -0.2) is 0 Å². The fraction of sp³-hybridized carbons (Fsp3) is 0.933. The molecule has 0 aromatic heterocycles. The first-order valence-corrected chi connectivity index (χ1v) is 8.73. The highest BCUT2D eigenvalue weighted by Crippen LogP contribution is 2.42. The van der Waals surface area contributed by atoms with Crippen molar-refractivity contribution < 1.29 is 4.79 Å². The molecule has 0 radical (unpaired) electrons. The molecule has 0 spiro atoms. The number of amides is 1. The van der Waals surface area contributed by atoms with Crippen LogP contribution in [-0.2, 0) is 4.79 Å². The number of fused-ring (bicyclic) bond motifs is 1. The van der Waals surface area contributed by atoms with Gasteiger partial charge in [-0.05, 0) is 37.5 Å². The molecule has 1 amide bonds. The van der Waals surface area contributed by atoms with Crippen molar-refractivity contribution in [1.29, 1.82) is 0 Å². The van der Waals surface area contributed by atoms with E-state index in [1.54, 1.807) is 0 Å². The number of rotatable bonds is 4. The maximum atomic E-state index is 12.3. The minimum absolute atomic E-state index is 0.289. The van der Waals surface area contributed by atoms with Crippen LogP contribution in [0, 0.1) is 17.8 Å². The van der Waals surface area contributed by atoms with Gasteiger partial charge in [-0.1, -0.05) is 48.5 Å². The molecule has 18 heavy (non-hydrogen) atoms. The van der Waals surface area contributed by atoms with Gasteiger partial charge in [0.05, 0.1) is 0 Å². The minimum Gasteiger partial charge on any atom is -0.352 e. The molecule has 104 valence electrons. The van der Waals surface area contributed by atoms with Gasteiger partial charge in [0.15, 0.2) is 0 Å². The highest BCUT2D eigenvalue weighted by molar-refractivity contribution is 9.09. The third kappa shape index (κ3) is 3.49. The van der Waals surface area contributed by atoms with Gasteiger partial charge < -0.3 is 5.32 Å². The lowest BCUT2D eigenvalue weighted by Gasteiger charge is -2.39. The normalized spacial score (nSPS) is 33.6. The first-order chi connectivity index (χ1) is 8.74. The Bertz CT molecular complexity index is 278. The monoisotopic (exact) mass is 315 g/mol. The first kappa shape index (κ1) is 14.4. The Morgan fingerprint density at radius 3 is 2.61 bits per heavy atom. The van der Waals surface area contributed by atoms with Crippen LogP contribution in [0.25, 0.3) is 0 Å². The largest absolute Gasteiger partial charge is 0.352 e. The molecule has 0 heterocycles. The molecule has 0 saturated heterocycles. The van der Waals surface area contributed by atoms with Gasteiger partial charge in [0.2, 0.25) is 5.91 Å². The van der Waals surface area contributed by atoms with E-state index in [0.29, 0.717) is 11.9 Å². The molecule has 2 nitrogen and oxygen atoms in total. The van der Waals surface area contributed by atoms with Crippen molar-refractivity contribution in [2.75, 3.05) is 5.33 Å². The van der Waals surface area contributed by atoms with Crippen LogP contribution in [0.3, 0.4) is 0 Å². The summed E-state index contributed by atoms with van der Waals surface area (Å²) in [4.78, 5) is 12.3. The van der Waals surface area contributed by atoms with E-state index in [1.807, 2.05) is 0 Å². The Kier molecular flexibility index (Phi) is 5.53. The van der Waals surface area contributed by atoms with E-state index in [0.717, 1.165) is 36.4 Å². The Hall–Kier alpha value is -0.0500. The van der Waals surface area contributed by atoms with Crippen molar-refractivity contribution in [2.24, 2.45) is 17.8 Å². The minimum atomic E-state index is 0.289. The Morgan fingerprint density at radius 1 is 1.22 bits per heavy atom. The molecule has 2 saturated carbocycles. The van der Waals surface area contributed by atoms with E-state index in [4.69, 9.17) is 0 Å². The number of alkyl halides is 1. The summed E-state index contributed by atoms with van der Waals surface area (Å²) in [7, 11) is 0. The molecule has 0 bridgehead atoms. The van der Waals surface area contributed by atoms with Crippen molar-refractivity contribution in [3.8, 4) is 0 Å². The molecule has 2 aliphatic carbocycles. The standard InChI is InChI=1S/C15H26BrNO/c1-2-14(10-16)17-15(18)13-8-7-11-5-3-4-6-12(11)9-13/h11-14H,2-10H2,1H3,(H,17,18). The summed E-state index contributed by atoms with van der Waals surface area (Å²) in [6.07, 6.45) is 10.1. The van der Waals surface area contributed by atoms with Crippen LogP contribution in [0.2, 0.25) is 0 Å². The Morgan fingerprint density at radius 2 is 1.94 bits per heavy atom. The molecule has 2 fully saturated rings. The van der Waals surface area contributed by atoms with Crippen molar-refractivity contribution in [3.05, 3.63) is 0 Å². The molecule has 1 N–H and O–H groups in total. The molecule has 0 aromatic carbocycles. The predicted octanol–water partition coefficient (Wildman–Crippen LogP) is 3.88. The molecule has 4 unspecified atom stereocenters. The summed E-state index contributed by atoms with van der Waals surface area (Å²) in [6.45, 7) is 2.13. The van der Waals surface area contributed by atoms with E-state index in [9.17, 15) is 4.79 Å². The number of nitrogens with one attached hydrogen (secondary N) is 1.